The standard InChI is InChI=1S/C19H18N2O6/c22-17(11-9-15-8-10-16(26-15)21(24)25)27-18(14-6-2-1-3-7-14)19(23)20-12-4-5-13-20/h1-3,6-11,18H,4-5,12-13H2/b11-9+/t18-/m0/s1. The SMILES string of the molecule is O=C(/C=C/c1ccc([N+](=O)[O-])o1)O[C@H](C(=O)N1CCCC1)c1ccccc1. The van der Waals surface area contributed by atoms with Crippen molar-refractivity contribution in [3.8, 4) is 0 Å². The third-order valence-corrected chi connectivity index (χ3v) is 4.15. The fraction of sp³-hybridized carbons (Fsp3) is 0.263. The van der Waals surface area contributed by atoms with Crippen molar-refractivity contribution < 1.29 is 23.7 Å². The summed E-state index contributed by atoms with van der Waals surface area (Å²) >= 11 is 0. The van der Waals surface area contributed by atoms with Crippen LogP contribution in [0.5, 0.6) is 0 Å². The maximum atomic E-state index is 12.8. The molecule has 1 saturated heterocycles. The molecular formula is C19H18N2O6. The average Bonchev–Trinajstić information content (AvgIpc) is 3.36. The minimum Gasteiger partial charge on any atom is -0.444 e. The van der Waals surface area contributed by atoms with Gasteiger partial charge in [-0.15, -0.1) is 0 Å². The first kappa shape index (κ1) is 18.4. The summed E-state index contributed by atoms with van der Waals surface area (Å²) in [6.07, 6.45) is 3.16. The highest BCUT2D eigenvalue weighted by molar-refractivity contribution is 5.90. The molecule has 3 rings (SSSR count). The van der Waals surface area contributed by atoms with E-state index in [2.05, 4.69) is 0 Å². The number of esters is 1. The number of amides is 1. The lowest BCUT2D eigenvalue weighted by atomic mass is 10.1. The second kappa shape index (κ2) is 8.31. The van der Waals surface area contributed by atoms with Crippen molar-refractivity contribution in [2.75, 3.05) is 13.1 Å². The summed E-state index contributed by atoms with van der Waals surface area (Å²) in [7, 11) is 0. The van der Waals surface area contributed by atoms with E-state index < -0.39 is 22.9 Å². The monoisotopic (exact) mass is 370 g/mol. The Balaban J connectivity index is 1.72. The van der Waals surface area contributed by atoms with Crippen LogP contribution in [0.3, 0.4) is 0 Å². The number of hydrogen-bond acceptors (Lipinski definition) is 6. The molecule has 0 N–H and O–H groups in total. The molecule has 1 aromatic carbocycles. The largest absolute Gasteiger partial charge is 0.444 e. The Morgan fingerprint density at radius 3 is 2.48 bits per heavy atom. The Kier molecular flexibility index (Phi) is 5.65. The van der Waals surface area contributed by atoms with Crippen LogP contribution >= 0.6 is 0 Å². The number of nitrogens with zero attached hydrogens (tertiary/aromatic N) is 2. The van der Waals surface area contributed by atoms with Crippen molar-refractivity contribution >= 4 is 23.8 Å². The number of rotatable bonds is 6. The molecule has 1 amide bonds. The van der Waals surface area contributed by atoms with Gasteiger partial charge in [0.1, 0.15) is 10.7 Å². The summed E-state index contributed by atoms with van der Waals surface area (Å²) in [6.45, 7) is 1.29. The zero-order chi connectivity index (χ0) is 19.2. The van der Waals surface area contributed by atoms with E-state index in [1.165, 1.54) is 18.2 Å². The van der Waals surface area contributed by atoms with Gasteiger partial charge < -0.3 is 14.1 Å². The maximum Gasteiger partial charge on any atom is 0.433 e. The Morgan fingerprint density at radius 2 is 1.85 bits per heavy atom. The van der Waals surface area contributed by atoms with Crippen molar-refractivity contribution in [3.63, 3.8) is 0 Å². The van der Waals surface area contributed by atoms with E-state index in [0.29, 0.717) is 18.7 Å². The van der Waals surface area contributed by atoms with Gasteiger partial charge in [0.15, 0.2) is 0 Å². The first-order valence-electron chi connectivity index (χ1n) is 8.51. The van der Waals surface area contributed by atoms with Crippen LogP contribution in [0.4, 0.5) is 5.88 Å². The summed E-state index contributed by atoms with van der Waals surface area (Å²) in [5.41, 5.74) is 0.588. The molecule has 2 heterocycles. The van der Waals surface area contributed by atoms with Gasteiger partial charge in [-0.3, -0.25) is 14.9 Å². The van der Waals surface area contributed by atoms with Crippen LogP contribution in [0, 0.1) is 10.1 Å². The number of benzene rings is 1. The number of likely N-dealkylation sites (tertiary alicyclic amines) is 1. The minimum atomic E-state index is -1.03. The number of hydrogen-bond donors (Lipinski definition) is 0. The van der Waals surface area contributed by atoms with Crippen molar-refractivity contribution in [1.82, 2.24) is 4.90 Å². The number of carbonyl (C=O) groups excluding carboxylic acids is 2. The fourth-order valence-corrected chi connectivity index (χ4v) is 2.83. The van der Waals surface area contributed by atoms with Gasteiger partial charge in [0.05, 0.1) is 6.07 Å². The third-order valence-electron chi connectivity index (χ3n) is 4.15. The molecule has 140 valence electrons. The topological polar surface area (TPSA) is 103 Å². The van der Waals surface area contributed by atoms with E-state index in [9.17, 15) is 19.7 Å². The predicted molar refractivity (Wildman–Crippen MR) is 95.5 cm³/mol. The lowest BCUT2D eigenvalue weighted by molar-refractivity contribution is -0.402. The summed E-state index contributed by atoms with van der Waals surface area (Å²) in [4.78, 5) is 36.6. The Morgan fingerprint density at radius 1 is 1.15 bits per heavy atom. The van der Waals surface area contributed by atoms with E-state index in [1.54, 1.807) is 29.2 Å². The molecular weight excluding hydrogens is 352 g/mol. The van der Waals surface area contributed by atoms with Crippen molar-refractivity contribution in [2.24, 2.45) is 0 Å². The molecule has 8 nitrogen and oxygen atoms in total. The quantitative estimate of drug-likeness (QED) is 0.335. The van der Waals surface area contributed by atoms with Crippen LogP contribution in [0.25, 0.3) is 6.08 Å². The van der Waals surface area contributed by atoms with Gasteiger partial charge in [-0.2, -0.15) is 0 Å². The van der Waals surface area contributed by atoms with E-state index in [4.69, 9.17) is 9.15 Å². The third kappa shape index (κ3) is 4.60. The van der Waals surface area contributed by atoms with Gasteiger partial charge in [-0.25, -0.2) is 4.79 Å². The highest BCUT2D eigenvalue weighted by Gasteiger charge is 2.30. The number of nitro groups is 1. The van der Waals surface area contributed by atoms with Crippen molar-refractivity contribution in [3.05, 3.63) is 70.0 Å². The molecule has 1 fully saturated rings. The molecule has 27 heavy (non-hydrogen) atoms. The maximum absolute atomic E-state index is 12.8. The van der Waals surface area contributed by atoms with Crippen LogP contribution in [-0.2, 0) is 14.3 Å². The van der Waals surface area contributed by atoms with Gasteiger partial charge in [-0.05, 0) is 25.0 Å². The van der Waals surface area contributed by atoms with Crippen LogP contribution in [0.2, 0.25) is 0 Å². The van der Waals surface area contributed by atoms with Gasteiger partial charge >= 0.3 is 11.9 Å². The smallest absolute Gasteiger partial charge is 0.433 e. The molecule has 1 aliphatic heterocycles. The minimum absolute atomic E-state index is 0.140. The number of furan rings is 1. The zero-order valence-corrected chi connectivity index (χ0v) is 14.4. The van der Waals surface area contributed by atoms with E-state index in [0.717, 1.165) is 18.9 Å². The van der Waals surface area contributed by atoms with Crippen LogP contribution < -0.4 is 0 Å². The lowest BCUT2D eigenvalue weighted by Gasteiger charge is -2.23. The summed E-state index contributed by atoms with van der Waals surface area (Å²) in [5, 5.41) is 10.6. The second-order valence-corrected chi connectivity index (χ2v) is 6.03. The molecule has 0 bridgehead atoms. The first-order chi connectivity index (χ1) is 13.0. The van der Waals surface area contributed by atoms with Crippen molar-refractivity contribution in [2.45, 2.75) is 18.9 Å². The second-order valence-electron chi connectivity index (χ2n) is 6.03. The van der Waals surface area contributed by atoms with Gasteiger partial charge in [-0.1, -0.05) is 30.3 Å². The van der Waals surface area contributed by atoms with Crippen LogP contribution in [0.15, 0.2) is 53.0 Å². The van der Waals surface area contributed by atoms with E-state index in [-0.39, 0.29) is 11.7 Å². The summed E-state index contributed by atoms with van der Waals surface area (Å²) < 4.78 is 10.3. The Bertz CT molecular complexity index is 852. The highest BCUT2D eigenvalue weighted by atomic mass is 16.6. The molecule has 8 heteroatoms. The van der Waals surface area contributed by atoms with Gasteiger partial charge in [0, 0.05) is 24.7 Å². The van der Waals surface area contributed by atoms with E-state index in [1.807, 2.05) is 6.07 Å². The van der Waals surface area contributed by atoms with Crippen molar-refractivity contribution in [1.29, 1.82) is 0 Å². The van der Waals surface area contributed by atoms with Gasteiger partial charge in [0.25, 0.3) is 5.91 Å². The molecule has 0 unspecified atom stereocenters. The summed E-state index contributed by atoms with van der Waals surface area (Å²) in [5.74, 6) is -1.28. The normalized spacial score (nSPS) is 15.0. The molecule has 1 aliphatic rings. The highest BCUT2D eigenvalue weighted by Crippen LogP contribution is 2.23. The Labute approximate surface area is 155 Å². The summed E-state index contributed by atoms with van der Waals surface area (Å²) in [6, 6.07) is 11.4. The number of carbonyl (C=O) groups is 2. The van der Waals surface area contributed by atoms with E-state index >= 15 is 0 Å². The average molecular weight is 370 g/mol. The van der Waals surface area contributed by atoms with Crippen LogP contribution in [-0.4, -0.2) is 34.8 Å². The zero-order valence-electron chi connectivity index (χ0n) is 14.4. The molecule has 0 spiro atoms. The molecule has 0 aliphatic carbocycles. The first-order valence-corrected chi connectivity index (χ1v) is 8.51. The molecule has 2 aromatic rings. The Hall–Kier alpha value is -3.42. The van der Waals surface area contributed by atoms with Crippen LogP contribution in [0.1, 0.15) is 30.3 Å². The molecule has 0 radical (unpaired) electrons. The van der Waals surface area contributed by atoms with Gasteiger partial charge in [0.2, 0.25) is 6.10 Å². The molecule has 1 atom stereocenters. The number of ether oxygens (including phenoxy) is 1. The molecule has 1 aromatic heterocycles. The fourth-order valence-electron chi connectivity index (χ4n) is 2.83. The predicted octanol–water partition coefficient (Wildman–Crippen LogP) is 3.11. The lowest BCUT2D eigenvalue weighted by Crippen LogP contribution is -2.34. The molecule has 0 saturated carbocycles.